The van der Waals surface area contributed by atoms with E-state index in [2.05, 4.69) is 36.2 Å². The van der Waals surface area contributed by atoms with Gasteiger partial charge in [0.2, 0.25) is 0 Å². The van der Waals surface area contributed by atoms with E-state index in [0.717, 1.165) is 18.9 Å². The highest BCUT2D eigenvalue weighted by Gasteiger charge is 2.21. The number of rotatable bonds is 1. The smallest absolute Gasteiger partial charge is 0.155 e. The lowest BCUT2D eigenvalue weighted by Crippen LogP contribution is -2.32. The number of hydrogen-bond acceptors (Lipinski definition) is 3. The lowest BCUT2D eigenvalue weighted by molar-refractivity contribution is 0.342. The van der Waals surface area contributed by atoms with E-state index in [0.29, 0.717) is 6.04 Å². The van der Waals surface area contributed by atoms with Crippen LogP contribution >= 0.6 is 0 Å². The van der Waals surface area contributed by atoms with Gasteiger partial charge < -0.3 is 5.32 Å². The van der Waals surface area contributed by atoms with Crippen molar-refractivity contribution in [2.24, 2.45) is 0 Å². The minimum Gasteiger partial charge on any atom is -0.315 e. The minimum atomic E-state index is 0.0490. The Labute approximate surface area is 91.1 Å². The van der Waals surface area contributed by atoms with Gasteiger partial charge in [-0.1, -0.05) is 20.8 Å². The Balaban J connectivity index is 2.12. The van der Waals surface area contributed by atoms with Crippen molar-refractivity contribution < 1.29 is 0 Å². The summed E-state index contributed by atoms with van der Waals surface area (Å²) in [5.41, 5.74) is 0.0490. The molecule has 0 bridgehead atoms. The zero-order valence-electron chi connectivity index (χ0n) is 9.82. The van der Waals surface area contributed by atoms with Gasteiger partial charge in [-0.05, 0) is 19.4 Å². The van der Waals surface area contributed by atoms with E-state index < -0.39 is 0 Å². The molecule has 1 atom stereocenters. The first-order valence-electron chi connectivity index (χ1n) is 5.70. The number of piperidine rings is 1. The average Bonchev–Trinajstić information content (AvgIpc) is 2.67. The van der Waals surface area contributed by atoms with Gasteiger partial charge in [-0.2, -0.15) is 5.10 Å². The molecule has 4 nitrogen and oxygen atoms in total. The van der Waals surface area contributed by atoms with Crippen LogP contribution in [0, 0.1) is 0 Å². The molecular formula is C11H20N4. The maximum atomic E-state index is 4.57. The van der Waals surface area contributed by atoms with Gasteiger partial charge in [0.05, 0.1) is 6.04 Å². The molecule has 84 valence electrons. The first-order valence-corrected chi connectivity index (χ1v) is 5.70. The number of aromatic nitrogens is 3. The highest BCUT2D eigenvalue weighted by atomic mass is 15.4. The van der Waals surface area contributed by atoms with Crippen LogP contribution < -0.4 is 5.32 Å². The topological polar surface area (TPSA) is 42.7 Å². The third-order valence-electron chi connectivity index (χ3n) is 2.82. The van der Waals surface area contributed by atoms with Gasteiger partial charge in [-0.3, -0.25) is 0 Å². The highest BCUT2D eigenvalue weighted by Crippen LogP contribution is 2.20. The molecule has 2 heterocycles. The Morgan fingerprint density at radius 2 is 2.27 bits per heavy atom. The fourth-order valence-corrected chi connectivity index (χ4v) is 1.85. The van der Waals surface area contributed by atoms with Crippen molar-refractivity contribution in [1.82, 2.24) is 20.1 Å². The second-order valence-corrected chi connectivity index (χ2v) is 5.30. The molecule has 15 heavy (non-hydrogen) atoms. The van der Waals surface area contributed by atoms with Gasteiger partial charge >= 0.3 is 0 Å². The summed E-state index contributed by atoms with van der Waals surface area (Å²) in [4.78, 5) is 4.39. The third kappa shape index (κ3) is 2.37. The second kappa shape index (κ2) is 3.93. The standard InChI is InChI=1S/C11H20N4/c1-11(2,3)10-13-8-15(14-10)9-5-4-6-12-7-9/h8-9,12H,4-7H2,1-3H3. The molecule has 0 amide bonds. The Bertz CT molecular complexity index is 318. The zero-order chi connectivity index (χ0) is 10.9. The first kappa shape index (κ1) is 10.6. The molecule has 0 saturated carbocycles. The molecule has 1 aliphatic heterocycles. The molecule has 1 aliphatic rings. The van der Waals surface area contributed by atoms with Crippen molar-refractivity contribution >= 4 is 0 Å². The Morgan fingerprint density at radius 1 is 1.47 bits per heavy atom. The Kier molecular flexibility index (Phi) is 2.78. The SMILES string of the molecule is CC(C)(C)c1ncn(C2CCCNC2)n1. The molecule has 1 aromatic rings. The zero-order valence-corrected chi connectivity index (χ0v) is 9.82. The monoisotopic (exact) mass is 208 g/mol. The van der Waals surface area contributed by atoms with Crippen molar-refractivity contribution in [3.05, 3.63) is 12.2 Å². The lowest BCUT2D eigenvalue weighted by atomic mass is 9.96. The van der Waals surface area contributed by atoms with E-state index >= 15 is 0 Å². The molecule has 4 heteroatoms. The minimum absolute atomic E-state index is 0.0490. The molecule has 0 aliphatic carbocycles. The van der Waals surface area contributed by atoms with Crippen molar-refractivity contribution in [2.45, 2.75) is 45.1 Å². The summed E-state index contributed by atoms with van der Waals surface area (Å²) in [6.07, 6.45) is 4.31. The van der Waals surface area contributed by atoms with Crippen LogP contribution in [0.5, 0.6) is 0 Å². The summed E-state index contributed by atoms with van der Waals surface area (Å²) in [5, 5.41) is 7.96. The summed E-state index contributed by atoms with van der Waals surface area (Å²) in [5.74, 6) is 0.938. The second-order valence-electron chi connectivity index (χ2n) is 5.30. The molecule has 1 fully saturated rings. The van der Waals surface area contributed by atoms with Gasteiger partial charge in [0.25, 0.3) is 0 Å². The van der Waals surface area contributed by atoms with E-state index in [4.69, 9.17) is 0 Å². The molecule has 0 radical (unpaired) electrons. The Hall–Kier alpha value is -0.900. The van der Waals surface area contributed by atoms with E-state index in [-0.39, 0.29) is 5.41 Å². The van der Waals surface area contributed by atoms with Crippen LogP contribution in [0.2, 0.25) is 0 Å². The maximum absolute atomic E-state index is 4.57. The lowest BCUT2D eigenvalue weighted by Gasteiger charge is -2.22. The third-order valence-corrected chi connectivity index (χ3v) is 2.82. The number of hydrogen-bond donors (Lipinski definition) is 1. The maximum Gasteiger partial charge on any atom is 0.155 e. The number of nitrogens with zero attached hydrogens (tertiary/aromatic N) is 3. The largest absolute Gasteiger partial charge is 0.315 e. The summed E-state index contributed by atoms with van der Waals surface area (Å²) in [6.45, 7) is 8.59. The van der Waals surface area contributed by atoms with Gasteiger partial charge in [-0.25, -0.2) is 9.67 Å². The van der Waals surface area contributed by atoms with Crippen LogP contribution in [-0.2, 0) is 5.41 Å². The number of nitrogens with one attached hydrogen (secondary N) is 1. The summed E-state index contributed by atoms with van der Waals surface area (Å²) in [6, 6.07) is 0.488. The molecule has 1 unspecified atom stereocenters. The quantitative estimate of drug-likeness (QED) is 0.760. The summed E-state index contributed by atoms with van der Waals surface area (Å²) >= 11 is 0. The normalized spacial score (nSPS) is 23.0. The molecule has 0 aromatic carbocycles. The fourth-order valence-electron chi connectivity index (χ4n) is 1.85. The van der Waals surface area contributed by atoms with Gasteiger partial charge in [0, 0.05) is 12.0 Å². The van der Waals surface area contributed by atoms with E-state index in [1.165, 1.54) is 12.8 Å². The van der Waals surface area contributed by atoms with Crippen molar-refractivity contribution in [1.29, 1.82) is 0 Å². The predicted molar refractivity (Wildman–Crippen MR) is 59.9 cm³/mol. The van der Waals surface area contributed by atoms with Gasteiger partial charge in [0.1, 0.15) is 6.33 Å². The fraction of sp³-hybridized carbons (Fsp3) is 0.818. The van der Waals surface area contributed by atoms with Gasteiger partial charge in [-0.15, -0.1) is 0 Å². The van der Waals surface area contributed by atoms with Crippen molar-refractivity contribution in [2.75, 3.05) is 13.1 Å². The van der Waals surface area contributed by atoms with Crippen LogP contribution in [0.25, 0.3) is 0 Å². The summed E-state index contributed by atoms with van der Waals surface area (Å²) < 4.78 is 2.02. The Morgan fingerprint density at radius 3 is 2.80 bits per heavy atom. The molecule has 2 rings (SSSR count). The van der Waals surface area contributed by atoms with Crippen LogP contribution in [0.4, 0.5) is 0 Å². The predicted octanol–water partition coefficient (Wildman–Crippen LogP) is 1.50. The van der Waals surface area contributed by atoms with Crippen LogP contribution in [0.3, 0.4) is 0 Å². The molecule has 0 spiro atoms. The van der Waals surface area contributed by atoms with E-state index in [9.17, 15) is 0 Å². The van der Waals surface area contributed by atoms with Crippen LogP contribution in [-0.4, -0.2) is 27.9 Å². The van der Waals surface area contributed by atoms with E-state index in [1.807, 2.05) is 11.0 Å². The van der Waals surface area contributed by atoms with Gasteiger partial charge in [0.15, 0.2) is 5.82 Å². The van der Waals surface area contributed by atoms with E-state index in [1.54, 1.807) is 0 Å². The molecule has 1 N–H and O–H groups in total. The molecular weight excluding hydrogens is 188 g/mol. The van der Waals surface area contributed by atoms with Crippen molar-refractivity contribution in [3.8, 4) is 0 Å². The molecule has 1 aromatic heterocycles. The molecule has 1 saturated heterocycles. The average molecular weight is 208 g/mol. The first-order chi connectivity index (χ1) is 7.07. The van der Waals surface area contributed by atoms with Crippen LogP contribution in [0.1, 0.15) is 45.5 Å². The highest BCUT2D eigenvalue weighted by molar-refractivity contribution is 4.99. The van der Waals surface area contributed by atoms with Crippen LogP contribution in [0.15, 0.2) is 6.33 Å². The van der Waals surface area contributed by atoms with Crippen molar-refractivity contribution in [3.63, 3.8) is 0 Å². The summed E-state index contributed by atoms with van der Waals surface area (Å²) in [7, 11) is 0.